The van der Waals surface area contributed by atoms with Gasteiger partial charge in [-0.25, -0.2) is 0 Å². The predicted molar refractivity (Wildman–Crippen MR) is 68.8 cm³/mol. The molecule has 0 aliphatic carbocycles. The summed E-state index contributed by atoms with van der Waals surface area (Å²) in [5, 5.41) is 4.18. The molecule has 1 aromatic rings. The van der Waals surface area contributed by atoms with Gasteiger partial charge in [-0.3, -0.25) is 4.90 Å². The maximum atomic E-state index is 5.88. The molecule has 88 valence electrons. The highest BCUT2D eigenvalue weighted by atomic mass is 35.5. The molecule has 1 unspecified atom stereocenters. The molecule has 1 aliphatic rings. The summed E-state index contributed by atoms with van der Waals surface area (Å²) in [6.45, 7) is 3.40. The third-order valence-electron chi connectivity index (χ3n) is 3.23. The Labute approximate surface area is 103 Å². The smallest absolute Gasteiger partial charge is 0.0406 e. The summed E-state index contributed by atoms with van der Waals surface area (Å²) >= 11 is 5.88. The minimum Gasteiger partial charge on any atom is -0.316 e. The number of likely N-dealkylation sites (N-methyl/N-ethyl adjacent to an activating group) is 1. The van der Waals surface area contributed by atoms with Gasteiger partial charge in [0, 0.05) is 24.2 Å². The zero-order chi connectivity index (χ0) is 11.4. The van der Waals surface area contributed by atoms with Crippen molar-refractivity contribution in [3.05, 3.63) is 34.9 Å². The normalized spacial score (nSPS) is 22.2. The van der Waals surface area contributed by atoms with Crippen LogP contribution in [-0.2, 0) is 6.54 Å². The van der Waals surface area contributed by atoms with Crippen LogP contribution in [0.1, 0.15) is 18.4 Å². The van der Waals surface area contributed by atoms with Crippen molar-refractivity contribution in [2.45, 2.75) is 25.4 Å². The summed E-state index contributed by atoms with van der Waals surface area (Å²) in [4.78, 5) is 2.51. The van der Waals surface area contributed by atoms with Crippen LogP contribution in [-0.4, -0.2) is 31.1 Å². The Morgan fingerprint density at radius 1 is 1.38 bits per heavy atom. The van der Waals surface area contributed by atoms with Crippen molar-refractivity contribution >= 4 is 11.6 Å². The first-order valence-corrected chi connectivity index (χ1v) is 6.30. The summed E-state index contributed by atoms with van der Waals surface area (Å²) < 4.78 is 0. The van der Waals surface area contributed by atoms with Gasteiger partial charge in [-0.1, -0.05) is 23.7 Å². The second-order valence-corrected chi connectivity index (χ2v) is 4.93. The SMILES string of the molecule is CNC1CCCN(Cc2ccc(Cl)cc2)C1. The van der Waals surface area contributed by atoms with Gasteiger partial charge in [-0.2, -0.15) is 0 Å². The van der Waals surface area contributed by atoms with Crippen LogP contribution in [0.2, 0.25) is 5.02 Å². The van der Waals surface area contributed by atoms with E-state index in [0.717, 1.165) is 18.1 Å². The van der Waals surface area contributed by atoms with Crippen LogP contribution < -0.4 is 5.32 Å². The molecule has 0 bridgehead atoms. The van der Waals surface area contributed by atoms with Gasteiger partial charge in [-0.15, -0.1) is 0 Å². The molecule has 16 heavy (non-hydrogen) atoms. The molecule has 1 fully saturated rings. The Morgan fingerprint density at radius 3 is 2.81 bits per heavy atom. The van der Waals surface area contributed by atoms with Gasteiger partial charge in [0.2, 0.25) is 0 Å². The number of likely N-dealkylation sites (tertiary alicyclic amines) is 1. The fourth-order valence-corrected chi connectivity index (χ4v) is 2.41. The minimum atomic E-state index is 0.654. The molecular weight excluding hydrogens is 220 g/mol. The molecule has 0 saturated carbocycles. The van der Waals surface area contributed by atoms with Crippen molar-refractivity contribution in [3.8, 4) is 0 Å². The largest absolute Gasteiger partial charge is 0.316 e. The van der Waals surface area contributed by atoms with Gasteiger partial charge in [0.15, 0.2) is 0 Å². The van der Waals surface area contributed by atoms with E-state index in [-0.39, 0.29) is 0 Å². The lowest BCUT2D eigenvalue weighted by Crippen LogP contribution is -2.43. The van der Waals surface area contributed by atoms with E-state index in [4.69, 9.17) is 11.6 Å². The molecule has 1 aliphatic heterocycles. The summed E-state index contributed by atoms with van der Waals surface area (Å²) in [7, 11) is 2.05. The highest BCUT2D eigenvalue weighted by molar-refractivity contribution is 6.30. The third-order valence-corrected chi connectivity index (χ3v) is 3.49. The number of hydrogen-bond acceptors (Lipinski definition) is 2. The first-order chi connectivity index (χ1) is 7.78. The average Bonchev–Trinajstić information content (AvgIpc) is 2.32. The van der Waals surface area contributed by atoms with Crippen molar-refractivity contribution in [1.29, 1.82) is 0 Å². The number of benzene rings is 1. The number of piperidine rings is 1. The molecule has 1 aromatic carbocycles. The number of rotatable bonds is 3. The van der Waals surface area contributed by atoms with Crippen LogP contribution in [0.5, 0.6) is 0 Å². The van der Waals surface area contributed by atoms with Gasteiger partial charge in [0.1, 0.15) is 0 Å². The molecule has 1 saturated heterocycles. The molecule has 2 rings (SSSR count). The van der Waals surface area contributed by atoms with Crippen LogP contribution in [0.4, 0.5) is 0 Å². The Balaban J connectivity index is 1.91. The molecule has 1 atom stereocenters. The summed E-state index contributed by atoms with van der Waals surface area (Å²) in [6.07, 6.45) is 2.59. The zero-order valence-corrected chi connectivity index (χ0v) is 10.5. The second-order valence-electron chi connectivity index (χ2n) is 4.49. The molecule has 0 spiro atoms. The zero-order valence-electron chi connectivity index (χ0n) is 9.75. The Bertz CT molecular complexity index is 323. The molecule has 1 N–H and O–H groups in total. The van der Waals surface area contributed by atoms with E-state index in [1.165, 1.54) is 24.9 Å². The first kappa shape index (κ1) is 11.9. The quantitative estimate of drug-likeness (QED) is 0.871. The van der Waals surface area contributed by atoms with E-state index in [1.54, 1.807) is 0 Å². The monoisotopic (exact) mass is 238 g/mol. The molecule has 3 heteroatoms. The van der Waals surface area contributed by atoms with Crippen LogP contribution >= 0.6 is 11.6 Å². The van der Waals surface area contributed by atoms with Gasteiger partial charge in [0.05, 0.1) is 0 Å². The molecule has 0 amide bonds. The predicted octanol–water partition coefficient (Wildman–Crippen LogP) is 2.52. The summed E-state index contributed by atoms with van der Waals surface area (Å²) in [5.74, 6) is 0. The van der Waals surface area contributed by atoms with E-state index in [0.29, 0.717) is 6.04 Å². The Kier molecular flexibility index (Phi) is 4.22. The highest BCUT2D eigenvalue weighted by Gasteiger charge is 2.17. The van der Waals surface area contributed by atoms with Gasteiger partial charge in [-0.05, 0) is 44.1 Å². The third kappa shape index (κ3) is 3.21. The fraction of sp³-hybridized carbons (Fsp3) is 0.538. The fourth-order valence-electron chi connectivity index (χ4n) is 2.28. The number of nitrogens with one attached hydrogen (secondary N) is 1. The van der Waals surface area contributed by atoms with Gasteiger partial charge in [0.25, 0.3) is 0 Å². The molecule has 1 heterocycles. The van der Waals surface area contributed by atoms with E-state index in [2.05, 4.69) is 29.4 Å². The summed E-state index contributed by atoms with van der Waals surface area (Å²) in [5.41, 5.74) is 1.35. The topological polar surface area (TPSA) is 15.3 Å². The molecule has 2 nitrogen and oxygen atoms in total. The summed E-state index contributed by atoms with van der Waals surface area (Å²) in [6, 6.07) is 8.82. The molecular formula is C13H19ClN2. The van der Waals surface area contributed by atoms with E-state index in [1.807, 2.05) is 12.1 Å². The lowest BCUT2D eigenvalue weighted by molar-refractivity contribution is 0.188. The molecule has 0 aromatic heterocycles. The minimum absolute atomic E-state index is 0.654. The van der Waals surface area contributed by atoms with Crippen molar-refractivity contribution in [1.82, 2.24) is 10.2 Å². The first-order valence-electron chi connectivity index (χ1n) is 5.92. The van der Waals surface area contributed by atoms with Crippen molar-refractivity contribution in [3.63, 3.8) is 0 Å². The van der Waals surface area contributed by atoms with Gasteiger partial charge < -0.3 is 5.32 Å². The van der Waals surface area contributed by atoms with Crippen molar-refractivity contribution in [2.75, 3.05) is 20.1 Å². The maximum Gasteiger partial charge on any atom is 0.0406 e. The lowest BCUT2D eigenvalue weighted by Gasteiger charge is -2.32. The standard InChI is InChI=1S/C13H19ClN2/c1-15-13-3-2-8-16(10-13)9-11-4-6-12(14)7-5-11/h4-7,13,15H,2-3,8-10H2,1H3. The van der Waals surface area contributed by atoms with Crippen LogP contribution in [0.15, 0.2) is 24.3 Å². The van der Waals surface area contributed by atoms with Crippen LogP contribution in [0.25, 0.3) is 0 Å². The van der Waals surface area contributed by atoms with Crippen LogP contribution in [0.3, 0.4) is 0 Å². The van der Waals surface area contributed by atoms with Crippen LogP contribution in [0, 0.1) is 0 Å². The maximum absolute atomic E-state index is 5.88. The van der Waals surface area contributed by atoms with Crippen molar-refractivity contribution < 1.29 is 0 Å². The van der Waals surface area contributed by atoms with E-state index >= 15 is 0 Å². The van der Waals surface area contributed by atoms with E-state index < -0.39 is 0 Å². The number of halogens is 1. The highest BCUT2D eigenvalue weighted by Crippen LogP contribution is 2.15. The van der Waals surface area contributed by atoms with Gasteiger partial charge >= 0.3 is 0 Å². The number of nitrogens with zero attached hydrogens (tertiary/aromatic N) is 1. The van der Waals surface area contributed by atoms with Crippen molar-refractivity contribution in [2.24, 2.45) is 0 Å². The van der Waals surface area contributed by atoms with E-state index in [9.17, 15) is 0 Å². The second kappa shape index (κ2) is 5.67. The Morgan fingerprint density at radius 2 is 2.12 bits per heavy atom. The Hall–Kier alpha value is -0.570. The molecule has 0 radical (unpaired) electrons. The lowest BCUT2D eigenvalue weighted by atomic mass is 10.1. The number of hydrogen-bond donors (Lipinski definition) is 1. The average molecular weight is 239 g/mol.